The van der Waals surface area contributed by atoms with Crippen molar-refractivity contribution in [1.29, 1.82) is 0 Å². The van der Waals surface area contributed by atoms with Gasteiger partial charge < -0.3 is 54.6 Å². The van der Waals surface area contributed by atoms with Crippen LogP contribution in [0.3, 0.4) is 0 Å². The third-order valence-electron chi connectivity index (χ3n) is 11.4. The number of aromatic hydroxyl groups is 1. The van der Waals surface area contributed by atoms with Crippen LogP contribution in [0.2, 0.25) is 0 Å². The number of ether oxygens (including phenoxy) is 7. The Morgan fingerprint density at radius 2 is 1.82 bits per heavy atom. The van der Waals surface area contributed by atoms with Crippen LogP contribution in [0.1, 0.15) is 81.2 Å². The van der Waals surface area contributed by atoms with Crippen molar-refractivity contribution in [1.82, 2.24) is 15.5 Å². The van der Waals surface area contributed by atoms with Gasteiger partial charge in [-0.1, -0.05) is 6.07 Å². The summed E-state index contributed by atoms with van der Waals surface area (Å²) < 4.78 is 42.0. The van der Waals surface area contributed by atoms with E-state index in [1.54, 1.807) is 26.0 Å². The highest BCUT2D eigenvalue weighted by atomic mass is 32.2. The Balaban J connectivity index is 1.35. The van der Waals surface area contributed by atoms with Crippen molar-refractivity contribution in [3.05, 3.63) is 62.7 Å². The molecule has 0 spiro atoms. The largest absolute Gasteiger partial charge is 0.504 e. The molecule has 3 aromatic rings. The quantitative estimate of drug-likeness (QED) is 0.158. The number of nitrogens with two attached hydrogens (primary N) is 1. The summed E-state index contributed by atoms with van der Waals surface area (Å²) in [4.78, 5) is 29.5. The summed E-state index contributed by atoms with van der Waals surface area (Å²) >= 11 is 1.62. The maximum atomic E-state index is 14.3. The zero-order valence-corrected chi connectivity index (χ0v) is 33.9. The molecule has 14 nitrogen and oxygen atoms in total. The first-order valence-electron chi connectivity index (χ1n) is 19.0. The van der Waals surface area contributed by atoms with E-state index in [0.29, 0.717) is 79.1 Å². The lowest BCUT2D eigenvalue weighted by molar-refractivity contribution is -0.149. The van der Waals surface area contributed by atoms with Crippen molar-refractivity contribution in [2.45, 2.75) is 69.5 Å². The van der Waals surface area contributed by atoms with E-state index in [9.17, 15) is 14.7 Å². The number of phenols is 1. The van der Waals surface area contributed by atoms with Gasteiger partial charge in [0.25, 0.3) is 0 Å². The first-order valence-corrected chi connectivity index (χ1v) is 20.3. The number of hydrogen-bond acceptors (Lipinski definition) is 15. The van der Waals surface area contributed by atoms with Gasteiger partial charge in [-0.2, -0.15) is 11.8 Å². The fourth-order valence-electron chi connectivity index (χ4n) is 9.10. The minimum absolute atomic E-state index is 0.00681. The lowest BCUT2D eigenvalue weighted by Gasteiger charge is -2.51. The third kappa shape index (κ3) is 6.87. The highest BCUT2D eigenvalue weighted by molar-refractivity contribution is 7.98. The number of thioether (sulfide) groups is 1. The van der Waals surface area contributed by atoms with Crippen LogP contribution in [0.15, 0.2) is 18.2 Å². The lowest BCUT2D eigenvalue weighted by Crippen LogP contribution is -2.54. The Hall–Kier alpha value is -4.41. The van der Waals surface area contributed by atoms with Crippen LogP contribution in [0.5, 0.6) is 40.2 Å². The Labute approximate surface area is 331 Å². The van der Waals surface area contributed by atoms with E-state index in [4.69, 9.17) is 38.9 Å². The van der Waals surface area contributed by atoms with Crippen LogP contribution in [0.4, 0.5) is 0 Å². The number of methoxy groups -OCH3 is 2. The predicted octanol–water partition coefficient (Wildman–Crippen LogP) is 4.48. The van der Waals surface area contributed by atoms with E-state index >= 15 is 0 Å². The van der Waals surface area contributed by atoms with Gasteiger partial charge in [-0.25, -0.2) is 4.79 Å². The predicted molar refractivity (Wildman–Crippen MR) is 211 cm³/mol. The molecule has 0 fully saturated rings. The molecule has 0 aromatic heterocycles. The molecule has 0 saturated carbocycles. The molecule has 0 aliphatic carbocycles. The molecule has 0 amide bonds. The molecule has 5 atom stereocenters. The van der Waals surface area contributed by atoms with Crippen LogP contribution in [-0.4, -0.2) is 95.2 Å². The first kappa shape index (κ1) is 39.8. The van der Waals surface area contributed by atoms with E-state index < -0.39 is 30.1 Å². The molecule has 0 radical (unpaired) electrons. The Morgan fingerprint density at radius 3 is 2.52 bits per heavy atom. The van der Waals surface area contributed by atoms with Crippen LogP contribution in [-0.2, 0) is 27.2 Å². The molecule has 3 aromatic carbocycles. The SMILES string of the molecule is CN[C@@H]1c2c(cc(C)c(OC)c2O)CCCN2C(COC(=O)C3NCCc4cc(OCCN)c(OC)cc43)c3c4c(c(C)c(OC(C)=O)c3C(SC)C12)OCO4. The molecular formula is C41H52N4O10S. The average Bonchev–Trinajstić information content (AvgIpc) is 3.68. The fraction of sp³-hybridized carbons (Fsp3) is 0.512. The van der Waals surface area contributed by atoms with Gasteiger partial charge in [0, 0.05) is 48.3 Å². The monoisotopic (exact) mass is 792 g/mol. The van der Waals surface area contributed by atoms with Crippen molar-refractivity contribution < 1.29 is 47.9 Å². The van der Waals surface area contributed by atoms with E-state index in [2.05, 4.69) is 21.6 Å². The van der Waals surface area contributed by atoms with Crippen LogP contribution >= 0.6 is 11.8 Å². The standard InChI is InChI=1S/C41H52N4O10S/c1-20-15-24-9-8-13-45-26(18-52-41(48)32-25-17-27(49-5)28(51-14-11-42)16-23(25)10-12-44-32)30-31(37(55-22(3)46)21(2)38-39(30)54-19-53-38)40(56-7)34(45)33(43-4)29(24)35(47)36(20)50-6/h15-17,26,32-34,40,43-44,47H,8-14,18-19,42H2,1-7H3/t26?,32?,33-,34?,40?/m1/s1. The molecule has 56 heavy (non-hydrogen) atoms. The number of aryl methyl sites for hydroxylation is 2. The number of benzene rings is 3. The minimum atomic E-state index is -0.758. The maximum Gasteiger partial charge on any atom is 0.327 e. The number of nitrogens with one attached hydrogen (secondary N) is 2. The number of fused-ring (bicyclic) bond motifs is 6. The summed E-state index contributed by atoms with van der Waals surface area (Å²) in [5.41, 5.74) is 12.2. The molecule has 4 aliphatic rings. The van der Waals surface area contributed by atoms with E-state index in [1.807, 2.05) is 39.3 Å². The van der Waals surface area contributed by atoms with Gasteiger partial charge in [0.15, 0.2) is 34.5 Å². The number of rotatable bonds is 11. The molecule has 0 saturated heterocycles. The molecule has 15 heteroatoms. The van der Waals surface area contributed by atoms with Crippen molar-refractivity contribution in [2.24, 2.45) is 5.73 Å². The lowest BCUT2D eigenvalue weighted by atomic mass is 9.78. The van der Waals surface area contributed by atoms with Gasteiger partial charge in [0.1, 0.15) is 25.0 Å². The molecule has 5 N–H and O–H groups in total. The van der Waals surface area contributed by atoms with E-state index in [1.165, 1.54) is 6.92 Å². The molecular weight excluding hydrogens is 741 g/mol. The van der Waals surface area contributed by atoms with Gasteiger partial charge >= 0.3 is 11.9 Å². The van der Waals surface area contributed by atoms with Gasteiger partial charge in [-0.3, -0.25) is 9.69 Å². The number of esters is 2. The zero-order valence-electron chi connectivity index (χ0n) is 33.0. The highest BCUT2D eigenvalue weighted by Crippen LogP contribution is 2.60. The second kappa shape index (κ2) is 16.6. The van der Waals surface area contributed by atoms with Crippen LogP contribution in [0, 0.1) is 13.8 Å². The van der Waals surface area contributed by atoms with Gasteiger partial charge in [0.05, 0.1) is 31.6 Å². The van der Waals surface area contributed by atoms with Gasteiger partial charge in [-0.05, 0) is 87.3 Å². The van der Waals surface area contributed by atoms with Crippen molar-refractivity contribution >= 4 is 23.7 Å². The summed E-state index contributed by atoms with van der Waals surface area (Å²) in [5, 5.41) is 18.5. The summed E-state index contributed by atoms with van der Waals surface area (Å²) in [6.45, 7) is 7.01. The Bertz CT molecular complexity index is 2010. The number of nitrogens with zero attached hydrogens (tertiary/aromatic N) is 1. The van der Waals surface area contributed by atoms with Crippen LogP contribution < -0.4 is 44.8 Å². The second-order valence-electron chi connectivity index (χ2n) is 14.5. The number of carbonyl (C=O) groups excluding carboxylic acids is 2. The molecule has 4 unspecified atom stereocenters. The fourth-order valence-corrected chi connectivity index (χ4v) is 10.2. The average molecular weight is 793 g/mol. The van der Waals surface area contributed by atoms with Crippen molar-refractivity contribution in [2.75, 3.05) is 67.2 Å². The van der Waals surface area contributed by atoms with Crippen molar-refractivity contribution in [3.63, 3.8) is 0 Å². The smallest absolute Gasteiger partial charge is 0.327 e. The summed E-state index contributed by atoms with van der Waals surface area (Å²) in [6, 6.07) is 3.78. The van der Waals surface area contributed by atoms with E-state index in [-0.39, 0.29) is 30.4 Å². The summed E-state index contributed by atoms with van der Waals surface area (Å²) in [6.07, 6.45) is 4.17. The minimum Gasteiger partial charge on any atom is -0.504 e. The topological polar surface area (TPSA) is 172 Å². The molecule has 4 aliphatic heterocycles. The second-order valence-corrected chi connectivity index (χ2v) is 15.4. The number of hydrogen-bond donors (Lipinski definition) is 4. The zero-order chi connectivity index (χ0) is 39.8. The van der Waals surface area contributed by atoms with E-state index in [0.717, 1.165) is 45.4 Å². The summed E-state index contributed by atoms with van der Waals surface area (Å²) in [5.74, 6) is 2.12. The Kier molecular flexibility index (Phi) is 11.8. The molecule has 0 bridgehead atoms. The van der Waals surface area contributed by atoms with Crippen molar-refractivity contribution in [3.8, 4) is 40.2 Å². The number of phenolic OH excluding ortho intramolecular Hbond substituents is 1. The third-order valence-corrected chi connectivity index (χ3v) is 12.4. The summed E-state index contributed by atoms with van der Waals surface area (Å²) in [7, 11) is 5.00. The molecule has 7 rings (SSSR count). The normalized spacial score (nSPS) is 22.4. The molecule has 302 valence electrons. The van der Waals surface area contributed by atoms with Gasteiger partial charge in [0.2, 0.25) is 6.79 Å². The first-order chi connectivity index (χ1) is 27.1. The maximum absolute atomic E-state index is 14.3. The van der Waals surface area contributed by atoms with Crippen LogP contribution in [0.25, 0.3) is 0 Å². The number of carbonyl (C=O) groups is 2. The highest BCUT2D eigenvalue weighted by Gasteiger charge is 2.51. The molecule has 4 heterocycles. The van der Waals surface area contributed by atoms with Gasteiger partial charge in [-0.15, -0.1) is 0 Å². The number of likely N-dealkylation sites (N-methyl/N-ethyl adjacent to an activating group) is 1. The Morgan fingerprint density at radius 1 is 1.04 bits per heavy atom.